The van der Waals surface area contributed by atoms with E-state index >= 15 is 0 Å². The summed E-state index contributed by atoms with van der Waals surface area (Å²) < 4.78 is 11.1. The summed E-state index contributed by atoms with van der Waals surface area (Å²) in [5.41, 5.74) is 0.944. The molecule has 0 aromatic carbocycles. The molecule has 0 fully saturated rings. The van der Waals surface area contributed by atoms with E-state index < -0.39 is 8.32 Å². The van der Waals surface area contributed by atoms with Crippen LogP contribution in [0, 0.1) is 0 Å². The van der Waals surface area contributed by atoms with Gasteiger partial charge in [0.2, 0.25) is 0 Å². The first-order valence-electron chi connectivity index (χ1n) is 4.31. The smallest absolute Gasteiger partial charge is 0.187 e. The van der Waals surface area contributed by atoms with E-state index in [-0.39, 0.29) is 6.29 Å². The summed E-state index contributed by atoms with van der Waals surface area (Å²) in [6, 6.07) is 0. The second-order valence-corrected chi connectivity index (χ2v) is 8.32. The van der Waals surface area contributed by atoms with Gasteiger partial charge < -0.3 is 9.16 Å². The second kappa shape index (κ2) is 4.79. The van der Waals surface area contributed by atoms with Gasteiger partial charge in [-0.2, -0.15) is 0 Å². The van der Waals surface area contributed by atoms with Crippen LogP contribution in [0.25, 0.3) is 0 Å². The van der Waals surface area contributed by atoms with Crippen LogP contribution in [0.1, 0.15) is 13.8 Å². The average Bonchev–Trinajstić information content (AvgIpc) is 1.83. The molecule has 3 heteroatoms. The van der Waals surface area contributed by atoms with Crippen LogP contribution in [0.2, 0.25) is 19.6 Å². The lowest BCUT2D eigenvalue weighted by molar-refractivity contribution is -0.0534. The molecule has 0 saturated carbocycles. The number of rotatable bonds is 5. The molecular formula is C9H20O2Si. The Bertz CT molecular complexity index is 149. The minimum absolute atomic E-state index is 0.207. The average molecular weight is 188 g/mol. The Hall–Kier alpha value is -0.123. The van der Waals surface area contributed by atoms with Gasteiger partial charge in [0.05, 0.1) is 0 Å². The van der Waals surface area contributed by atoms with Gasteiger partial charge in [0, 0.05) is 6.61 Å². The molecule has 0 N–H and O–H groups in total. The molecule has 1 atom stereocenters. The van der Waals surface area contributed by atoms with Crippen molar-refractivity contribution in [2.75, 3.05) is 6.61 Å². The largest absolute Gasteiger partial charge is 0.390 e. The summed E-state index contributed by atoms with van der Waals surface area (Å²) in [4.78, 5) is 0. The molecule has 0 rings (SSSR count). The van der Waals surface area contributed by atoms with Gasteiger partial charge in [0.15, 0.2) is 14.6 Å². The molecule has 0 aromatic heterocycles. The highest BCUT2D eigenvalue weighted by Gasteiger charge is 2.21. The van der Waals surface area contributed by atoms with Gasteiger partial charge in [-0.1, -0.05) is 6.58 Å². The maximum Gasteiger partial charge on any atom is 0.187 e. The maximum atomic E-state index is 5.76. The van der Waals surface area contributed by atoms with Crippen LogP contribution >= 0.6 is 0 Å². The van der Waals surface area contributed by atoms with E-state index in [1.807, 2.05) is 13.8 Å². The van der Waals surface area contributed by atoms with Gasteiger partial charge >= 0.3 is 0 Å². The van der Waals surface area contributed by atoms with Gasteiger partial charge in [-0.25, -0.2) is 0 Å². The van der Waals surface area contributed by atoms with Crippen LogP contribution in [-0.2, 0) is 9.16 Å². The Morgan fingerprint density at radius 3 is 2.17 bits per heavy atom. The van der Waals surface area contributed by atoms with Crippen LogP contribution in [0.4, 0.5) is 0 Å². The van der Waals surface area contributed by atoms with Crippen LogP contribution in [0.5, 0.6) is 0 Å². The van der Waals surface area contributed by atoms with Crippen molar-refractivity contribution in [2.45, 2.75) is 39.8 Å². The Kier molecular flexibility index (Phi) is 4.75. The number of hydrogen-bond donors (Lipinski definition) is 0. The van der Waals surface area contributed by atoms with E-state index in [1.165, 1.54) is 0 Å². The van der Waals surface area contributed by atoms with Gasteiger partial charge in [0.25, 0.3) is 0 Å². The molecule has 0 heterocycles. The minimum atomic E-state index is -1.51. The third-order valence-electron chi connectivity index (χ3n) is 1.18. The van der Waals surface area contributed by atoms with Gasteiger partial charge in [-0.15, -0.1) is 0 Å². The highest BCUT2D eigenvalue weighted by atomic mass is 28.4. The molecule has 0 radical (unpaired) electrons. The summed E-state index contributed by atoms with van der Waals surface area (Å²) >= 11 is 0. The zero-order chi connectivity index (χ0) is 9.78. The molecule has 0 aliphatic heterocycles. The van der Waals surface area contributed by atoms with Gasteiger partial charge in [-0.3, -0.25) is 0 Å². The minimum Gasteiger partial charge on any atom is -0.390 e. The predicted octanol–water partition coefficient (Wildman–Crippen LogP) is 2.78. The van der Waals surface area contributed by atoms with E-state index in [0.29, 0.717) is 6.61 Å². The summed E-state index contributed by atoms with van der Waals surface area (Å²) in [5, 5.41) is 0. The molecule has 72 valence electrons. The molecule has 2 nitrogen and oxygen atoms in total. The summed E-state index contributed by atoms with van der Waals surface area (Å²) in [7, 11) is -1.51. The summed E-state index contributed by atoms with van der Waals surface area (Å²) in [6.45, 7) is 14.8. The van der Waals surface area contributed by atoms with Crippen LogP contribution in [0.3, 0.4) is 0 Å². The van der Waals surface area contributed by atoms with Crippen molar-refractivity contribution in [3.8, 4) is 0 Å². The third-order valence-corrected chi connectivity index (χ3v) is 2.10. The quantitative estimate of drug-likeness (QED) is 0.375. The fraction of sp³-hybridized carbons (Fsp3) is 0.778. The first kappa shape index (κ1) is 11.9. The van der Waals surface area contributed by atoms with Crippen LogP contribution < -0.4 is 0 Å². The Morgan fingerprint density at radius 2 is 1.92 bits per heavy atom. The van der Waals surface area contributed by atoms with E-state index in [0.717, 1.165) is 5.57 Å². The molecule has 1 unspecified atom stereocenters. The highest BCUT2D eigenvalue weighted by molar-refractivity contribution is 6.69. The third kappa shape index (κ3) is 5.52. The zero-order valence-electron chi connectivity index (χ0n) is 8.81. The first-order chi connectivity index (χ1) is 5.37. The number of hydrogen-bond acceptors (Lipinski definition) is 2. The fourth-order valence-electron chi connectivity index (χ4n) is 0.749. The lowest BCUT2D eigenvalue weighted by atomic mass is 10.3. The van der Waals surface area contributed by atoms with E-state index in [1.54, 1.807) is 0 Å². The summed E-state index contributed by atoms with van der Waals surface area (Å²) in [6.07, 6.45) is -0.207. The Labute approximate surface area is 76.7 Å². The normalized spacial score (nSPS) is 14.4. The van der Waals surface area contributed by atoms with Gasteiger partial charge in [0.1, 0.15) is 0 Å². The van der Waals surface area contributed by atoms with Crippen LogP contribution in [-0.4, -0.2) is 21.2 Å². The SMILES string of the molecule is C=C(C)C(OCC)O[Si](C)(C)C. The Morgan fingerprint density at radius 1 is 1.42 bits per heavy atom. The lowest BCUT2D eigenvalue weighted by Crippen LogP contribution is -2.34. The van der Waals surface area contributed by atoms with Crippen molar-refractivity contribution >= 4 is 8.32 Å². The highest BCUT2D eigenvalue weighted by Crippen LogP contribution is 2.13. The Balaban J connectivity index is 4.05. The molecular weight excluding hydrogens is 168 g/mol. The standard InChI is InChI=1S/C9H20O2Si/c1-7-10-9(8(2)3)11-12(4,5)6/h9H,2,7H2,1,3-6H3. The molecule has 0 spiro atoms. The van der Waals surface area contributed by atoms with Crippen LogP contribution in [0.15, 0.2) is 12.2 Å². The monoisotopic (exact) mass is 188 g/mol. The van der Waals surface area contributed by atoms with Crippen molar-refractivity contribution in [3.05, 3.63) is 12.2 Å². The molecule has 0 bridgehead atoms. The molecule has 0 saturated heterocycles. The van der Waals surface area contributed by atoms with Crippen molar-refractivity contribution in [1.82, 2.24) is 0 Å². The fourth-order valence-corrected chi connectivity index (χ4v) is 1.66. The zero-order valence-corrected chi connectivity index (χ0v) is 9.81. The maximum absolute atomic E-state index is 5.76. The molecule has 0 aliphatic rings. The van der Waals surface area contributed by atoms with Crippen molar-refractivity contribution in [2.24, 2.45) is 0 Å². The van der Waals surface area contributed by atoms with E-state index in [2.05, 4.69) is 26.2 Å². The molecule has 12 heavy (non-hydrogen) atoms. The first-order valence-corrected chi connectivity index (χ1v) is 7.72. The number of ether oxygens (including phenoxy) is 1. The van der Waals surface area contributed by atoms with E-state index in [4.69, 9.17) is 9.16 Å². The molecule has 0 amide bonds. The van der Waals surface area contributed by atoms with E-state index in [9.17, 15) is 0 Å². The second-order valence-electron chi connectivity index (χ2n) is 3.86. The van der Waals surface area contributed by atoms with Gasteiger partial charge in [-0.05, 0) is 39.1 Å². The van der Waals surface area contributed by atoms with Crippen molar-refractivity contribution < 1.29 is 9.16 Å². The summed E-state index contributed by atoms with van der Waals surface area (Å²) in [5.74, 6) is 0. The topological polar surface area (TPSA) is 18.5 Å². The predicted molar refractivity (Wildman–Crippen MR) is 54.7 cm³/mol. The molecule has 0 aromatic rings. The molecule has 0 aliphatic carbocycles. The lowest BCUT2D eigenvalue weighted by Gasteiger charge is -2.26. The van der Waals surface area contributed by atoms with Crippen molar-refractivity contribution in [3.63, 3.8) is 0 Å². The van der Waals surface area contributed by atoms with Crippen molar-refractivity contribution in [1.29, 1.82) is 0 Å².